The molecule has 1 atom stereocenters. The predicted molar refractivity (Wildman–Crippen MR) is 82.2 cm³/mol. The average molecular weight is 334 g/mol. The molecule has 0 radical (unpaired) electrons. The van der Waals surface area contributed by atoms with Crippen LogP contribution in [-0.4, -0.2) is 75.7 Å². The highest BCUT2D eigenvalue weighted by atomic mass is 16.5. The van der Waals surface area contributed by atoms with Gasteiger partial charge in [-0.05, 0) is 12.8 Å². The second-order valence-electron chi connectivity index (χ2n) is 4.60. The summed E-state index contributed by atoms with van der Waals surface area (Å²) in [5.74, 6) is -1.81. The molecule has 134 valence electrons. The van der Waals surface area contributed by atoms with E-state index in [0.717, 1.165) is 0 Å². The summed E-state index contributed by atoms with van der Waals surface area (Å²) in [4.78, 5) is 22.7. The van der Waals surface area contributed by atoms with Crippen molar-refractivity contribution in [3.05, 3.63) is 0 Å². The highest BCUT2D eigenvalue weighted by Crippen LogP contribution is 1.97. The molecule has 0 unspecified atom stereocenters. The quantitative estimate of drug-likeness (QED) is 0.146. The lowest BCUT2D eigenvalue weighted by Gasteiger charge is -2.14. The van der Waals surface area contributed by atoms with E-state index in [-0.39, 0.29) is 25.6 Å². The van der Waals surface area contributed by atoms with E-state index in [2.05, 4.69) is 10.6 Å². The number of rotatable bonds is 14. The van der Waals surface area contributed by atoms with Crippen LogP contribution >= 0.6 is 0 Å². The Bertz CT molecular complexity index is 366. The number of ether oxygens (including phenoxy) is 3. The molecule has 0 aromatic carbocycles. The van der Waals surface area contributed by atoms with Gasteiger partial charge in [0.15, 0.2) is 5.96 Å². The van der Waals surface area contributed by atoms with Crippen LogP contribution in [0.2, 0.25) is 0 Å². The molecular weight excluding hydrogens is 308 g/mol. The first-order valence-corrected chi connectivity index (χ1v) is 7.21. The van der Waals surface area contributed by atoms with Crippen molar-refractivity contribution >= 4 is 17.8 Å². The molecule has 0 aromatic heterocycles. The molecule has 0 bridgehead atoms. The van der Waals surface area contributed by atoms with Crippen LogP contribution in [0, 0.1) is 5.41 Å². The molecule has 0 aromatic rings. The summed E-state index contributed by atoms with van der Waals surface area (Å²) >= 11 is 0. The van der Waals surface area contributed by atoms with Crippen molar-refractivity contribution in [2.24, 2.45) is 5.73 Å². The molecule has 0 spiro atoms. The minimum atomic E-state index is -1.12. The Morgan fingerprint density at radius 2 is 1.87 bits per heavy atom. The van der Waals surface area contributed by atoms with E-state index in [4.69, 9.17) is 30.5 Å². The minimum absolute atomic E-state index is 0.179. The maximum Gasteiger partial charge on any atom is 0.326 e. The molecular formula is C13H26N4O6. The number of carbonyl (C=O) groups excluding carboxylic acids is 1. The van der Waals surface area contributed by atoms with Gasteiger partial charge in [-0.3, -0.25) is 10.2 Å². The summed E-state index contributed by atoms with van der Waals surface area (Å²) in [5.41, 5.74) is 5.11. The van der Waals surface area contributed by atoms with Crippen molar-refractivity contribution in [3.8, 4) is 0 Å². The van der Waals surface area contributed by atoms with E-state index in [1.165, 1.54) is 0 Å². The molecule has 10 heteroatoms. The smallest absolute Gasteiger partial charge is 0.326 e. The second-order valence-corrected chi connectivity index (χ2v) is 4.60. The summed E-state index contributed by atoms with van der Waals surface area (Å²) in [5, 5.41) is 21.0. The molecule has 0 fully saturated rings. The zero-order valence-corrected chi connectivity index (χ0v) is 13.3. The molecule has 0 aliphatic heterocycles. The Balaban J connectivity index is 3.79. The van der Waals surface area contributed by atoms with Crippen LogP contribution in [-0.2, 0) is 23.8 Å². The average Bonchev–Trinajstić information content (AvgIpc) is 2.49. The molecule has 0 heterocycles. The van der Waals surface area contributed by atoms with Crippen molar-refractivity contribution in [2.45, 2.75) is 18.9 Å². The highest BCUT2D eigenvalue weighted by Gasteiger charge is 2.19. The van der Waals surface area contributed by atoms with E-state index in [1.807, 2.05) is 0 Å². The van der Waals surface area contributed by atoms with Crippen molar-refractivity contribution in [1.29, 1.82) is 5.41 Å². The Labute approximate surface area is 135 Å². The number of carboxylic acids is 1. The lowest BCUT2D eigenvalue weighted by atomic mass is 10.1. The van der Waals surface area contributed by atoms with Gasteiger partial charge < -0.3 is 35.7 Å². The van der Waals surface area contributed by atoms with Crippen LogP contribution in [0.5, 0.6) is 0 Å². The van der Waals surface area contributed by atoms with Gasteiger partial charge in [-0.1, -0.05) is 0 Å². The van der Waals surface area contributed by atoms with Crippen LogP contribution in [0.4, 0.5) is 0 Å². The Hall–Kier alpha value is -1.91. The number of aliphatic carboxylic acids is 1. The van der Waals surface area contributed by atoms with Crippen LogP contribution < -0.4 is 16.4 Å². The van der Waals surface area contributed by atoms with E-state index in [9.17, 15) is 9.59 Å². The fourth-order valence-corrected chi connectivity index (χ4v) is 1.55. The molecule has 23 heavy (non-hydrogen) atoms. The van der Waals surface area contributed by atoms with E-state index in [1.54, 1.807) is 7.11 Å². The predicted octanol–water partition coefficient (Wildman–Crippen LogP) is -1.50. The molecule has 0 aliphatic carbocycles. The van der Waals surface area contributed by atoms with Crippen LogP contribution in [0.15, 0.2) is 0 Å². The third-order valence-electron chi connectivity index (χ3n) is 2.66. The molecule has 10 nitrogen and oxygen atoms in total. The third kappa shape index (κ3) is 13.5. The van der Waals surface area contributed by atoms with Gasteiger partial charge in [0, 0.05) is 13.7 Å². The molecule has 0 saturated heterocycles. The largest absolute Gasteiger partial charge is 0.480 e. The van der Waals surface area contributed by atoms with Gasteiger partial charge >= 0.3 is 5.97 Å². The van der Waals surface area contributed by atoms with Crippen molar-refractivity contribution < 1.29 is 28.9 Å². The van der Waals surface area contributed by atoms with Gasteiger partial charge in [-0.15, -0.1) is 0 Å². The summed E-state index contributed by atoms with van der Waals surface area (Å²) in [6.45, 7) is 1.63. The Morgan fingerprint density at radius 1 is 1.22 bits per heavy atom. The third-order valence-corrected chi connectivity index (χ3v) is 2.66. The SMILES string of the molecule is COCCOCCOCC(=O)N[C@@H](CCCNC(=N)N)C(=O)O. The summed E-state index contributed by atoms with van der Waals surface area (Å²) in [6.07, 6.45) is 0.673. The lowest BCUT2D eigenvalue weighted by molar-refractivity contribution is -0.142. The fraction of sp³-hybridized carbons (Fsp3) is 0.769. The summed E-state index contributed by atoms with van der Waals surface area (Å²) < 4.78 is 15.0. The van der Waals surface area contributed by atoms with Gasteiger partial charge in [0.25, 0.3) is 0 Å². The van der Waals surface area contributed by atoms with Gasteiger partial charge in [0.05, 0.1) is 26.4 Å². The van der Waals surface area contributed by atoms with Crippen LogP contribution in [0.25, 0.3) is 0 Å². The van der Waals surface area contributed by atoms with Gasteiger partial charge in [-0.2, -0.15) is 0 Å². The number of methoxy groups -OCH3 is 1. The zero-order valence-electron chi connectivity index (χ0n) is 13.3. The van der Waals surface area contributed by atoms with E-state index in [0.29, 0.717) is 32.8 Å². The normalized spacial score (nSPS) is 11.7. The number of carboxylic acid groups (broad SMARTS) is 1. The topological polar surface area (TPSA) is 156 Å². The highest BCUT2D eigenvalue weighted by molar-refractivity contribution is 5.84. The number of carbonyl (C=O) groups is 2. The van der Waals surface area contributed by atoms with Crippen LogP contribution in [0.1, 0.15) is 12.8 Å². The first kappa shape index (κ1) is 21.1. The van der Waals surface area contributed by atoms with Gasteiger partial charge in [-0.25, -0.2) is 4.79 Å². The number of hydrogen-bond acceptors (Lipinski definition) is 6. The number of hydrogen-bond donors (Lipinski definition) is 5. The zero-order chi connectivity index (χ0) is 17.5. The van der Waals surface area contributed by atoms with Crippen molar-refractivity contribution in [1.82, 2.24) is 10.6 Å². The van der Waals surface area contributed by atoms with Gasteiger partial charge in [0.1, 0.15) is 12.6 Å². The standard InChI is InChI=1S/C13H26N4O6/c1-21-5-6-22-7-8-23-9-11(18)17-10(12(19)20)3-2-4-16-13(14)15/h10H,2-9H2,1H3,(H,17,18)(H,19,20)(H4,14,15,16)/t10-/m0/s1. The van der Waals surface area contributed by atoms with Crippen LogP contribution in [0.3, 0.4) is 0 Å². The molecule has 1 amide bonds. The minimum Gasteiger partial charge on any atom is -0.480 e. The Morgan fingerprint density at radius 3 is 2.48 bits per heavy atom. The Kier molecular flexibility index (Phi) is 12.6. The summed E-state index contributed by atoms with van der Waals surface area (Å²) in [7, 11) is 1.57. The maximum atomic E-state index is 11.6. The molecule has 0 saturated carbocycles. The lowest BCUT2D eigenvalue weighted by Crippen LogP contribution is -2.43. The molecule has 0 rings (SSSR count). The first-order valence-electron chi connectivity index (χ1n) is 7.21. The maximum absolute atomic E-state index is 11.6. The first-order chi connectivity index (χ1) is 11.0. The number of nitrogens with one attached hydrogen (secondary N) is 3. The number of nitrogens with two attached hydrogens (primary N) is 1. The van der Waals surface area contributed by atoms with E-state index >= 15 is 0 Å². The monoisotopic (exact) mass is 334 g/mol. The van der Waals surface area contributed by atoms with Gasteiger partial charge in [0.2, 0.25) is 5.91 Å². The van der Waals surface area contributed by atoms with Crippen molar-refractivity contribution in [3.63, 3.8) is 0 Å². The number of guanidine groups is 1. The summed E-state index contributed by atoms with van der Waals surface area (Å²) in [6, 6.07) is -1.00. The molecule has 0 aliphatic rings. The van der Waals surface area contributed by atoms with Crippen molar-refractivity contribution in [2.75, 3.05) is 46.7 Å². The van der Waals surface area contributed by atoms with E-state index < -0.39 is 17.9 Å². The second kappa shape index (κ2) is 13.7. The number of amides is 1. The fourth-order valence-electron chi connectivity index (χ4n) is 1.55. The molecule has 6 N–H and O–H groups in total.